The first-order valence-electron chi connectivity index (χ1n) is 6.92. The van der Waals surface area contributed by atoms with E-state index in [0.29, 0.717) is 16.8 Å². The number of ether oxygens (including phenoxy) is 1. The largest absolute Gasteiger partial charge is 0.461 e. The molecule has 0 aliphatic carbocycles. The van der Waals surface area contributed by atoms with E-state index in [1.54, 1.807) is 37.4 Å². The summed E-state index contributed by atoms with van der Waals surface area (Å²) >= 11 is 0. The zero-order valence-corrected chi connectivity index (χ0v) is 12.2. The zero-order chi connectivity index (χ0) is 16.4. The number of carbonyl (C=O) groups excluding carboxylic acids is 1. The van der Waals surface area contributed by atoms with Gasteiger partial charge in [-0.25, -0.2) is 9.31 Å². The second-order valence-electron chi connectivity index (χ2n) is 4.77. The Balaban J connectivity index is 2.12. The highest BCUT2D eigenvalue weighted by Gasteiger charge is 2.14. The Kier molecular flexibility index (Phi) is 3.65. The first-order valence-corrected chi connectivity index (χ1v) is 6.92. The van der Waals surface area contributed by atoms with E-state index in [-0.39, 0.29) is 23.4 Å². The molecule has 3 aromatic rings. The van der Waals surface area contributed by atoms with Gasteiger partial charge in [0.05, 0.1) is 30.1 Å². The minimum Gasteiger partial charge on any atom is -0.461 e. The molecule has 1 N–H and O–H groups in total. The Morgan fingerprint density at radius 1 is 1.43 bits per heavy atom. The molecule has 0 radical (unpaired) electrons. The summed E-state index contributed by atoms with van der Waals surface area (Å²) in [7, 11) is 0. The number of nitriles is 1. The summed E-state index contributed by atoms with van der Waals surface area (Å²) < 4.78 is 6.21. The van der Waals surface area contributed by atoms with E-state index in [9.17, 15) is 9.59 Å². The van der Waals surface area contributed by atoms with Crippen LogP contribution in [0.2, 0.25) is 0 Å². The number of aromatic nitrogens is 3. The van der Waals surface area contributed by atoms with Gasteiger partial charge in [0.15, 0.2) is 5.69 Å². The first kappa shape index (κ1) is 14.5. The third-order valence-corrected chi connectivity index (χ3v) is 3.26. The van der Waals surface area contributed by atoms with Crippen LogP contribution in [0, 0.1) is 11.3 Å². The second-order valence-corrected chi connectivity index (χ2v) is 4.77. The highest BCUT2D eigenvalue weighted by atomic mass is 16.5. The van der Waals surface area contributed by atoms with E-state index >= 15 is 0 Å². The van der Waals surface area contributed by atoms with Crippen LogP contribution in [0.1, 0.15) is 23.0 Å². The molecule has 0 atom stereocenters. The Hall–Kier alpha value is -3.40. The van der Waals surface area contributed by atoms with E-state index in [0.717, 1.165) is 0 Å². The molecule has 0 bridgehead atoms. The van der Waals surface area contributed by atoms with Gasteiger partial charge in [-0.1, -0.05) is 12.1 Å². The molecule has 114 valence electrons. The van der Waals surface area contributed by atoms with Crippen molar-refractivity contribution in [2.75, 3.05) is 6.61 Å². The van der Waals surface area contributed by atoms with Gasteiger partial charge in [-0.2, -0.15) is 10.4 Å². The lowest BCUT2D eigenvalue weighted by atomic mass is 10.1. The molecule has 0 unspecified atom stereocenters. The summed E-state index contributed by atoms with van der Waals surface area (Å²) in [6.07, 6.45) is 1.59. The highest BCUT2D eigenvalue weighted by molar-refractivity contribution is 5.88. The number of nitrogens with one attached hydrogen (secondary N) is 1. The van der Waals surface area contributed by atoms with Crippen molar-refractivity contribution in [2.45, 2.75) is 6.92 Å². The summed E-state index contributed by atoms with van der Waals surface area (Å²) in [5, 5.41) is 13.0. The van der Waals surface area contributed by atoms with Crippen molar-refractivity contribution in [3.63, 3.8) is 0 Å². The predicted octanol–water partition coefficient (Wildman–Crippen LogP) is 1.74. The Bertz CT molecular complexity index is 994. The SMILES string of the molecule is CCOC(=O)c1cc2c(=O)[nH]c(-c3cccc(C#N)c3)cn2n1. The summed E-state index contributed by atoms with van der Waals surface area (Å²) in [6.45, 7) is 1.93. The molecule has 0 aliphatic rings. The maximum atomic E-state index is 12.2. The van der Waals surface area contributed by atoms with Gasteiger partial charge in [-0.15, -0.1) is 0 Å². The Morgan fingerprint density at radius 3 is 3.00 bits per heavy atom. The molecule has 0 spiro atoms. The van der Waals surface area contributed by atoms with Crippen LogP contribution in [-0.4, -0.2) is 27.2 Å². The van der Waals surface area contributed by atoms with Crippen LogP contribution in [0.5, 0.6) is 0 Å². The van der Waals surface area contributed by atoms with Crippen LogP contribution in [0.3, 0.4) is 0 Å². The summed E-state index contributed by atoms with van der Waals surface area (Å²) in [5.74, 6) is -0.580. The topological polar surface area (TPSA) is 100 Å². The smallest absolute Gasteiger partial charge is 0.358 e. The molecule has 2 heterocycles. The normalized spacial score (nSPS) is 10.4. The van der Waals surface area contributed by atoms with Crippen LogP contribution in [0.15, 0.2) is 41.3 Å². The number of rotatable bonds is 3. The monoisotopic (exact) mass is 308 g/mol. The average Bonchev–Trinajstić information content (AvgIpc) is 3.00. The molecular formula is C16H12N4O3. The van der Waals surface area contributed by atoms with Crippen LogP contribution < -0.4 is 5.56 Å². The molecule has 1 aromatic carbocycles. The van der Waals surface area contributed by atoms with Crippen molar-refractivity contribution >= 4 is 11.5 Å². The molecule has 7 nitrogen and oxygen atoms in total. The van der Waals surface area contributed by atoms with Crippen molar-refractivity contribution in [2.24, 2.45) is 0 Å². The van der Waals surface area contributed by atoms with Gasteiger partial charge in [0, 0.05) is 11.6 Å². The van der Waals surface area contributed by atoms with Crippen LogP contribution >= 0.6 is 0 Å². The van der Waals surface area contributed by atoms with Gasteiger partial charge < -0.3 is 9.72 Å². The average molecular weight is 308 g/mol. The van der Waals surface area contributed by atoms with E-state index in [4.69, 9.17) is 10.00 Å². The van der Waals surface area contributed by atoms with E-state index in [2.05, 4.69) is 10.1 Å². The maximum Gasteiger partial charge on any atom is 0.358 e. The minimum atomic E-state index is -0.580. The standard InChI is InChI=1S/C16H12N4O3/c1-2-23-16(22)12-7-14-15(21)18-13(9-20(14)19-12)11-5-3-4-10(6-11)8-17/h3-7,9H,2H2,1H3,(H,18,21). The number of aromatic amines is 1. The number of hydrogen-bond acceptors (Lipinski definition) is 5. The predicted molar refractivity (Wildman–Crippen MR) is 81.9 cm³/mol. The molecular weight excluding hydrogens is 296 g/mol. The molecule has 7 heteroatoms. The third-order valence-electron chi connectivity index (χ3n) is 3.26. The quantitative estimate of drug-likeness (QED) is 0.743. The van der Waals surface area contributed by atoms with Crippen molar-refractivity contribution in [3.05, 3.63) is 58.1 Å². The second kappa shape index (κ2) is 5.77. The summed E-state index contributed by atoms with van der Waals surface area (Å²) in [5.41, 5.74) is 1.59. The van der Waals surface area contributed by atoms with Crippen molar-refractivity contribution in [1.82, 2.24) is 14.6 Å². The molecule has 23 heavy (non-hydrogen) atoms. The minimum absolute atomic E-state index is 0.0697. The summed E-state index contributed by atoms with van der Waals surface area (Å²) in [4.78, 5) is 26.6. The Labute approximate surface area is 130 Å². The van der Waals surface area contributed by atoms with Gasteiger partial charge >= 0.3 is 5.97 Å². The zero-order valence-electron chi connectivity index (χ0n) is 12.2. The van der Waals surface area contributed by atoms with E-state index < -0.39 is 5.97 Å². The number of carbonyl (C=O) groups is 1. The molecule has 0 saturated carbocycles. The summed E-state index contributed by atoms with van der Waals surface area (Å²) in [6, 6.07) is 10.3. The number of H-pyrrole nitrogens is 1. The van der Waals surface area contributed by atoms with Crippen LogP contribution in [-0.2, 0) is 4.74 Å². The highest BCUT2D eigenvalue weighted by Crippen LogP contribution is 2.17. The maximum absolute atomic E-state index is 12.2. The van der Waals surface area contributed by atoms with Crippen molar-refractivity contribution in [1.29, 1.82) is 5.26 Å². The fourth-order valence-electron chi connectivity index (χ4n) is 2.21. The lowest BCUT2D eigenvalue weighted by molar-refractivity contribution is 0.0519. The van der Waals surface area contributed by atoms with Gasteiger partial charge in [-0.05, 0) is 19.1 Å². The number of esters is 1. The van der Waals surface area contributed by atoms with Gasteiger partial charge in [0.25, 0.3) is 5.56 Å². The van der Waals surface area contributed by atoms with E-state index in [1.165, 1.54) is 10.6 Å². The van der Waals surface area contributed by atoms with Gasteiger partial charge in [0.2, 0.25) is 0 Å². The number of hydrogen-bond donors (Lipinski definition) is 1. The fourth-order valence-corrected chi connectivity index (χ4v) is 2.21. The molecule has 0 amide bonds. The number of nitrogens with zero attached hydrogens (tertiary/aromatic N) is 3. The third kappa shape index (κ3) is 2.70. The van der Waals surface area contributed by atoms with Gasteiger partial charge in [0.1, 0.15) is 5.52 Å². The van der Waals surface area contributed by atoms with Crippen molar-refractivity contribution in [3.8, 4) is 17.3 Å². The van der Waals surface area contributed by atoms with Crippen molar-refractivity contribution < 1.29 is 9.53 Å². The molecule has 3 rings (SSSR count). The Morgan fingerprint density at radius 2 is 2.26 bits per heavy atom. The number of fused-ring (bicyclic) bond motifs is 1. The fraction of sp³-hybridized carbons (Fsp3) is 0.125. The molecule has 0 aliphatic heterocycles. The van der Waals surface area contributed by atoms with Gasteiger partial charge in [-0.3, -0.25) is 4.79 Å². The number of benzene rings is 1. The molecule has 0 fully saturated rings. The molecule has 0 saturated heterocycles. The van der Waals surface area contributed by atoms with Crippen LogP contribution in [0.25, 0.3) is 16.8 Å². The van der Waals surface area contributed by atoms with Crippen LogP contribution in [0.4, 0.5) is 0 Å². The van der Waals surface area contributed by atoms with E-state index in [1.807, 2.05) is 6.07 Å². The lowest BCUT2D eigenvalue weighted by Crippen LogP contribution is -2.10. The molecule has 2 aromatic heterocycles. The lowest BCUT2D eigenvalue weighted by Gasteiger charge is -2.02. The first-order chi connectivity index (χ1) is 11.1.